The van der Waals surface area contributed by atoms with Gasteiger partial charge in [0.25, 0.3) is 11.5 Å². The zero-order valence-corrected chi connectivity index (χ0v) is 17.2. The van der Waals surface area contributed by atoms with Gasteiger partial charge in [-0.3, -0.25) is 18.9 Å². The Kier molecular flexibility index (Phi) is 5.24. The van der Waals surface area contributed by atoms with Gasteiger partial charge in [0.2, 0.25) is 0 Å². The van der Waals surface area contributed by atoms with Crippen molar-refractivity contribution in [3.8, 4) is 0 Å². The molecule has 0 aliphatic carbocycles. The van der Waals surface area contributed by atoms with Gasteiger partial charge in [-0.15, -0.1) is 11.3 Å². The highest BCUT2D eigenvalue weighted by Crippen LogP contribution is 2.18. The van der Waals surface area contributed by atoms with Crippen LogP contribution in [0.2, 0.25) is 0 Å². The highest BCUT2D eigenvalue weighted by Gasteiger charge is 2.24. The molecule has 6 nitrogen and oxygen atoms in total. The minimum Gasteiger partial charge on any atom is -0.336 e. The van der Waals surface area contributed by atoms with Crippen molar-refractivity contribution in [2.24, 2.45) is 0 Å². The molecule has 27 heavy (non-hydrogen) atoms. The van der Waals surface area contributed by atoms with Crippen LogP contribution in [0, 0.1) is 9.39 Å². The van der Waals surface area contributed by atoms with Gasteiger partial charge >= 0.3 is 0 Å². The zero-order valence-electron chi connectivity index (χ0n) is 14.3. The molecule has 140 valence electrons. The molecule has 0 radical (unpaired) electrons. The maximum absolute atomic E-state index is 13.3. The number of amides is 1. The number of halogens is 2. The number of nitrogens with zero attached hydrogens (tertiary/aromatic N) is 4. The Morgan fingerprint density at radius 2 is 2.00 bits per heavy atom. The highest BCUT2D eigenvalue weighted by molar-refractivity contribution is 14.1. The van der Waals surface area contributed by atoms with Crippen LogP contribution in [0.5, 0.6) is 0 Å². The number of hydrogen-bond donors (Lipinski definition) is 0. The Hall–Kier alpha value is -1.85. The summed E-state index contributed by atoms with van der Waals surface area (Å²) < 4.78 is 15.4. The van der Waals surface area contributed by atoms with E-state index in [0.717, 1.165) is 5.69 Å². The molecule has 4 rings (SSSR count). The molecular formula is C18H16FIN4O2S. The third-order valence-corrected chi connectivity index (χ3v) is 6.21. The minimum absolute atomic E-state index is 0.0732. The standard InChI is InChI=1S/C18H16FIN4O2S/c19-12-1-2-14(15(20)9-12)17(26)23-5-3-22(4-6-23)11-13-10-16(25)24-7-8-27-18(24)21-13/h1-2,7-10H,3-6,11H2. The number of carbonyl (C=O) groups is 1. The van der Waals surface area contributed by atoms with E-state index < -0.39 is 0 Å². The lowest BCUT2D eigenvalue weighted by atomic mass is 10.1. The summed E-state index contributed by atoms with van der Waals surface area (Å²) >= 11 is 3.42. The number of benzene rings is 1. The van der Waals surface area contributed by atoms with Crippen molar-refractivity contribution in [3.63, 3.8) is 0 Å². The number of thiazole rings is 1. The van der Waals surface area contributed by atoms with Gasteiger partial charge in [0, 0.05) is 53.9 Å². The summed E-state index contributed by atoms with van der Waals surface area (Å²) in [7, 11) is 0. The summed E-state index contributed by atoms with van der Waals surface area (Å²) in [5.74, 6) is -0.415. The second-order valence-electron chi connectivity index (χ2n) is 6.33. The van der Waals surface area contributed by atoms with Crippen LogP contribution in [-0.4, -0.2) is 51.3 Å². The molecule has 1 aromatic carbocycles. The molecule has 1 aliphatic rings. The van der Waals surface area contributed by atoms with Gasteiger partial charge in [-0.2, -0.15) is 0 Å². The van der Waals surface area contributed by atoms with Crippen LogP contribution in [0.1, 0.15) is 16.1 Å². The van der Waals surface area contributed by atoms with Crippen molar-refractivity contribution in [2.75, 3.05) is 26.2 Å². The van der Waals surface area contributed by atoms with Gasteiger partial charge in [0.05, 0.1) is 11.3 Å². The predicted molar refractivity (Wildman–Crippen MR) is 110 cm³/mol. The van der Waals surface area contributed by atoms with E-state index in [1.54, 1.807) is 23.2 Å². The van der Waals surface area contributed by atoms with Crippen molar-refractivity contribution >= 4 is 44.8 Å². The molecule has 0 unspecified atom stereocenters. The molecule has 3 aromatic rings. The molecular weight excluding hydrogens is 482 g/mol. The van der Waals surface area contributed by atoms with Gasteiger partial charge in [0.15, 0.2) is 4.96 Å². The Morgan fingerprint density at radius 1 is 1.22 bits per heavy atom. The Bertz CT molecular complexity index is 1060. The molecule has 0 atom stereocenters. The van der Waals surface area contributed by atoms with Gasteiger partial charge in [-0.05, 0) is 40.8 Å². The molecule has 3 heterocycles. The van der Waals surface area contributed by atoms with Crippen molar-refractivity contribution in [2.45, 2.75) is 6.54 Å². The van der Waals surface area contributed by atoms with E-state index in [1.807, 2.05) is 28.0 Å². The molecule has 1 aliphatic heterocycles. The maximum atomic E-state index is 13.3. The SMILES string of the molecule is O=C(c1ccc(F)cc1I)N1CCN(Cc2cc(=O)n3ccsc3n2)CC1. The first-order chi connectivity index (χ1) is 13.0. The molecule has 1 fully saturated rings. The summed E-state index contributed by atoms with van der Waals surface area (Å²) in [6, 6.07) is 5.79. The summed E-state index contributed by atoms with van der Waals surface area (Å²) in [4.78, 5) is 34.0. The quantitative estimate of drug-likeness (QED) is 0.521. The van der Waals surface area contributed by atoms with E-state index in [0.29, 0.717) is 46.8 Å². The van der Waals surface area contributed by atoms with Crippen LogP contribution in [0.3, 0.4) is 0 Å². The summed E-state index contributed by atoms with van der Waals surface area (Å²) in [5.41, 5.74) is 1.20. The highest BCUT2D eigenvalue weighted by atomic mass is 127. The molecule has 0 N–H and O–H groups in total. The first-order valence-electron chi connectivity index (χ1n) is 8.44. The first-order valence-corrected chi connectivity index (χ1v) is 10.4. The van der Waals surface area contributed by atoms with E-state index >= 15 is 0 Å². The van der Waals surface area contributed by atoms with Gasteiger partial charge in [-0.25, -0.2) is 9.37 Å². The third kappa shape index (κ3) is 3.90. The van der Waals surface area contributed by atoms with Gasteiger partial charge in [-0.1, -0.05) is 0 Å². The van der Waals surface area contributed by atoms with Crippen LogP contribution in [0.4, 0.5) is 4.39 Å². The normalized spacial score (nSPS) is 15.4. The van der Waals surface area contributed by atoms with E-state index in [4.69, 9.17) is 0 Å². The van der Waals surface area contributed by atoms with Crippen LogP contribution in [-0.2, 0) is 6.54 Å². The molecule has 1 amide bonds. The van der Waals surface area contributed by atoms with Crippen molar-refractivity contribution in [1.29, 1.82) is 0 Å². The van der Waals surface area contributed by atoms with Crippen LogP contribution >= 0.6 is 33.9 Å². The van der Waals surface area contributed by atoms with Crippen molar-refractivity contribution in [3.05, 3.63) is 66.8 Å². The monoisotopic (exact) mass is 498 g/mol. The number of rotatable bonds is 3. The van der Waals surface area contributed by atoms with E-state index in [-0.39, 0.29) is 17.3 Å². The van der Waals surface area contributed by atoms with Crippen LogP contribution < -0.4 is 5.56 Å². The predicted octanol–water partition coefficient (Wildman–Crippen LogP) is 2.46. The molecule has 9 heteroatoms. The molecule has 0 spiro atoms. The average molecular weight is 498 g/mol. The Balaban J connectivity index is 1.41. The van der Waals surface area contributed by atoms with E-state index in [2.05, 4.69) is 9.88 Å². The second-order valence-corrected chi connectivity index (χ2v) is 8.37. The lowest BCUT2D eigenvalue weighted by Gasteiger charge is -2.34. The first kappa shape index (κ1) is 18.5. The number of carbonyl (C=O) groups excluding carboxylic acids is 1. The number of hydrogen-bond acceptors (Lipinski definition) is 5. The number of fused-ring (bicyclic) bond motifs is 1. The van der Waals surface area contributed by atoms with E-state index in [1.165, 1.54) is 27.9 Å². The topological polar surface area (TPSA) is 57.9 Å². The van der Waals surface area contributed by atoms with Crippen molar-refractivity contribution in [1.82, 2.24) is 19.2 Å². The van der Waals surface area contributed by atoms with Crippen molar-refractivity contribution < 1.29 is 9.18 Å². The summed E-state index contributed by atoms with van der Waals surface area (Å²) in [6.45, 7) is 3.17. The van der Waals surface area contributed by atoms with E-state index in [9.17, 15) is 14.0 Å². The molecule has 1 saturated heterocycles. The summed E-state index contributed by atoms with van der Waals surface area (Å²) in [5, 5.41) is 1.84. The lowest BCUT2D eigenvalue weighted by molar-refractivity contribution is 0.0626. The minimum atomic E-state index is -0.341. The number of piperazine rings is 1. The van der Waals surface area contributed by atoms with Crippen LogP contribution in [0.15, 0.2) is 40.6 Å². The molecule has 2 aromatic heterocycles. The third-order valence-electron chi connectivity index (χ3n) is 4.56. The van der Waals surface area contributed by atoms with Gasteiger partial charge in [0.1, 0.15) is 5.82 Å². The maximum Gasteiger partial charge on any atom is 0.258 e. The zero-order chi connectivity index (χ0) is 19.0. The molecule has 0 saturated carbocycles. The Labute approximate surface area is 172 Å². The Morgan fingerprint density at radius 3 is 2.74 bits per heavy atom. The average Bonchev–Trinajstić information content (AvgIpc) is 3.11. The molecule has 0 bridgehead atoms. The largest absolute Gasteiger partial charge is 0.336 e. The smallest absolute Gasteiger partial charge is 0.258 e. The fourth-order valence-corrected chi connectivity index (χ4v) is 4.59. The number of aromatic nitrogens is 2. The lowest BCUT2D eigenvalue weighted by Crippen LogP contribution is -2.48. The van der Waals surface area contributed by atoms with Gasteiger partial charge < -0.3 is 4.90 Å². The fourth-order valence-electron chi connectivity index (χ4n) is 3.14. The fraction of sp³-hybridized carbons (Fsp3) is 0.278. The summed E-state index contributed by atoms with van der Waals surface area (Å²) in [6.07, 6.45) is 1.72. The van der Waals surface area contributed by atoms with Crippen LogP contribution in [0.25, 0.3) is 4.96 Å². The second kappa shape index (κ2) is 7.64.